The molecule has 4 nitrogen and oxygen atoms in total. The monoisotopic (exact) mass is 304 g/mol. The zero-order valence-electron chi connectivity index (χ0n) is 13.5. The van der Waals surface area contributed by atoms with Gasteiger partial charge in [-0.25, -0.2) is 4.79 Å². The van der Waals surface area contributed by atoms with Gasteiger partial charge in [-0.1, -0.05) is 50.1 Å². The van der Waals surface area contributed by atoms with Crippen LogP contribution in [-0.2, 0) is 11.3 Å². The van der Waals surface area contributed by atoms with Crippen molar-refractivity contribution in [3.63, 3.8) is 0 Å². The normalized spacial score (nSPS) is 20.8. The summed E-state index contributed by atoms with van der Waals surface area (Å²) in [4.78, 5) is 11.6. The maximum Gasteiger partial charge on any atom is 0.407 e. The average Bonchev–Trinajstić information content (AvgIpc) is 2.95. The molecular weight excluding hydrogens is 276 g/mol. The third kappa shape index (κ3) is 6.48. The Bertz CT molecular complexity index is 436. The molecule has 4 heteroatoms. The molecule has 1 aromatic carbocycles. The Morgan fingerprint density at radius 3 is 2.82 bits per heavy atom. The Labute approximate surface area is 133 Å². The molecule has 1 amide bonds. The number of nitrogens with one attached hydrogen (secondary N) is 2. The summed E-state index contributed by atoms with van der Waals surface area (Å²) in [7, 11) is 0. The Kier molecular flexibility index (Phi) is 7.23. The fourth-order valence-corrected chi connectivity index (χ4v) is 2.90. The topological polar surface area (TPSA) is 50.4 Å². The average molecular weight is 304 g/mol. The molecule has 0 aliphatic carbocycles. The highest BCUT2D eigenvalue weighted by atomic mass is 16.5. The third-order valence-corrected chi connectivity index (χ3v) is 4.15. The van der Waals surface area contributed by atoms with E-state index in [-0.39, 0.29) is 6.09 Å². The SMILES string of the molecule is CC1CN[C@@H](CCCCCNC(=O)OCc2ccccc2)C1. The maximum atomic E-state index is 11.6. The molecule has 1 aromatic rings. The number of carbonyl (C=O) groups is 1. The molecule has 0 saturated carbocycles. The maximum absolute atomic E-state index is 11.6. The van der Waals surface area contributed by atoms with E-state index in [0.29, 0.717) is 19.2 Å². The Hall–Kier alpha value is -1.55. The molecule has 122 valence electrons. The van der Waals surface area contributed by atoms with Crippen molar-refractivity contribution in [2.24, 2.45) is 5.92 Å². The Balaban J connectivity index is 1.44. The van der Waals surface area contributed by atoms with Gasteiger partial charge in [0.2, 0.25) is 0 Å². The van der Waals surface area contributed by atoms with E-state index in [1.165, 1.54) is 25.8 Å². The highest BCUT2D eigenvalue weighted by Crippen LogP contribution is 2.17. The highest BCUT2D eigenvalue weighted by Gasteiger charge is 2.19. The van der Waals surface area contributed by atoms with Crippen molar-refractivity contribution < 1.29 is 9.53 Å². The molecule has 0 bridgehead atoms. The molecule has 0 spiro atoms. The van der Waals surface area contributed by atoms with Crippen molar-refractivity contribution in [1.29, 1.82) is 0 Å². The molecule has 0 aromatic heterocycles. The van der Waals surface area contributed by atoms with Crippen LogP contribution in [0.2, 0.25) is 0 Å². The number of hydrogen-bond donors (Lipinski definition) is 2. The van der Waals surface area contributed by atoms with Crippen molar-refractivity contribution in [2.75, 3.05) is 13.1 Å². The summed E-state index contributed by atoms with van der Waals surface area (Å²) in [6, 6.07) is 10.4. The summed E-state index contributed by atoms with van der Waals surface area (Å²) in [6.07, 6.45) is 5.64. The lowest BCUT2D eigenvalue weighted by Gasteiger charge is -2.10. The van der Waals surface area contributed by atoms with Gasteiger partial charge in [0, 0.05) is 12.6 Å². The lowest BCUT2D eigenvalue weighted by Crippen LogP contribution is -2.25. The first kappa shape index (κ1) is 16.8. The molecule has 1 aliphatic heterocycles. The van der Waals surface area contributed by atoms with Crippen molar-refractivity contribution in [2.45, 2.75) is 51.7 Å². The molecule has 22 heavy (non-hydrogen) atoms. The standard InChI is InChI=1S/C18H28N2O2/c1-15-12-17(20-13-15)10-6-3-7-11-19-18(21)22-14-16-8-4-2-5-9-16/h2,4-5,8-9,15,17,20H,3,6-7,10-14H2,1H3,(H,19,21)/t15?,17-/m0/s1. The molecular formula is C18H28N2O2. The number of ether oxygens (including phenoxy) is 1. The smallest absolute Gasteiger partial charge is 0.407 e. The van der Waals surface area contributed by atoms with Crippen LogP contribution in [0.5, 0.6) is 0 Å². The quantitative estimate of drug-likeness (QED) is 0.723. The molecule has 1 saturated heterocycles. The van der Waals surface area contributed by atoms with Gasteiger partial charge >= 0.3 is 6.09 Å². The second-order valence-corrected chi connectivity index (χ2v) is 6.28. The number of amides is 1. The minimum Gasteiger partial charge on any atom is -0.445 e. The van der Waals surface area contributed by atoms with Gasteiger partial charge in [0.1, 0.15) is 6.61 Å². The van der Waals surface area contributed by atoms with Crippen LogP contribution in [-0.4, -0.2) is 25.2 Å². The number of benzene rings is 1. The minimum absolute atomic E-state index is 0.324. The van der Waals surface area contributed by atoms with Crippen molar-refractivity contribution in [3.8, 4) is 0 Å². The number of unbranched alkanes of at least 4 members (excludes halogenated alkanes) is 2. The third-order valence-electron chi connectivity index (χ3n) is 4.15. The second-order valence-electron chi connectivity index (χ2n) is 6.28. The van der Waals surface area contributed by atoms with Crippen molar-refractivity contribution in [3.05, 3.63) is 35.9 Å². The number of alkyl carbamates (subject to hydrolysis) is 1. The highest BCUT2D eigenvalue weighted by molar-refractivity contribution is 5.67. The van der Waals surface area contributed by atoms with Crippen LogP contribution in [0.15, 0.2) is 30.3 Å². The van der Waals surface area contributed by atoms with Gasteiger partial charge in [-0.15, -0.1) is 0 Å². The minimum atomic E-state index is -0.324. The van der Waals surface area contributed by atoms with Gasteiger partial charge < -0.3 is 15.4 Å². The lowest BCUT2D eigenvalue weighted by atomic mass is 10.0. The molecule has 1 aliphatic rings. The van der Waals surface area contributed by atoms with Crippen LogP contribution in [0.1, 0.15) is 44.6 Å². The largest absolute Gasteiger partial charge is 0.445 e. The summed E-state index contributed by atoms with van der Waals surface area (Å²) in [6.45, 7) is 4.50. The molecule has 2 rings (SSSR count). The van der Waals surface area contributed by atoms with E-state index in [0.717, 1.165) is 24.3 Å². The van der Waals surface area contributed by atoms with Crippen molar-refractivity contribution >= 4 is 6.09 Å². The predicted molar refractivity (Wildman–Crippen MR) is 88.7 cm³/mol. The predicted octanol–water partition coefficient (Wildman–Crippen LogP) is 3.47. The Morgan fingerprint density at radius 2 is 2.09 bits per heavy atom. The van der Waals surface area contributed by atoms with Crippen LogP contribution in [0.25, 0.3) is 0 Å². The van der Waals surface area contributed by atoms with Gasteiger partial charge in [0.15, 0.2) is 0 Å². The molecule has 1 fully saturated rings. The first-order valence-corrected chi connectivity index (χ1v) is 8.42. The first-order valence-electron chi connectivity index (χ1n) is 8.42. The fraction of sp³-hybridized carbons (Fsp3) is 0.611. The van der Waals surface area contributed by atoms with Gasteiger partial charge in [0.05, 0.1) is 0 Å². The summed E-state index contributed by atoms with van der Waals surface area (Å²) in [5, 5.41) is 6.37. The molecule has 1 unspecified atom stereocenters. The second kappa shape index (κ2) is 9.46. The summed E-state index contributed by atoms with van der Waals surface area (Å²) in [5.41, 5.74) is 1.01. The van der Waals surface area contributed by atoms with Crippen molar-refractivity contribution in [1.82, 2.24) is 10.6 Å². The summed E-state index contributed by atoms with van der Waals surface area (Å²) < 4.78 is 5.17. The summed E-state index contributed by atoms with van der Waals surface area (Å²) in [5.74, 6) is 0.825. The van der Waals surface area contributed by atoms with Gasteiger partial charge in [0.25, 0.3) is 0 Å². The van der Waals surface area contributed by atoms with Crippen LogP contribution in [0.4, 0.5) is 4.79 Å². The van der Waals surface area contributed by atoms with E-state index in [9.17, 15) is 4.79 Å². The number of carbonyl (C=O) groups excluding carboxylic acids is 1. The van der Waals surface area contributed by atoms with E-state index >= 15 is 0 Å². The number of rotatable bonds is 8. The van der Waals surface area contributed by atoms with E-state index < -0.39 is 0 Å². The van der Waals surface area contributed by atoms with Crippen LogP contribution >= 0.6 is 0 Å². The zero-order valence-corrected chi connectivity index (χ0v) is 13.5. The fourth-order valence-electron chi connectivity index (χ4n) is 2.90. The number of hydrogen-bond acceptors (Lipinski definition) is 3. The van der Waals surface area contributed by atoms with E-state index in [2.05, 4.69) is 17.6 Å². The molecule has 2 atom stereocenters. The summed E-state index contributed by atoms with van der Waals surface area (Å²) >= 11 is 0. The van der Waals surface area contributed by atoms with E-state index in [1.807, 2.05) is 30.3 Å². The van der Waals surface area contributed by atoms with Gasteiger partial charge in [-0.3, -0.25) is 0 Å². The first-order chi connectivity index (χ1) is 10.7. The van der Waals surface area contributed by atoms with E-state index in [4.69, 9.17) is 4.74 Å². The zero-order chi connectivity index (χ0) is 15.6. The van der Waals surface area contributed by atoms with Crippen LogP contribution in [0, 0.1) is 5.92 Å². The Morgan fingerprint density at radius 1 is 1.27 bits per heavy atom. The lowest BCUT2D eigenvalue weighted by molar-refractivity contribution is 0.139. The van der Waals surface area contributed by atoms with Gasteiger partial charge in [-0.05, 0) is 37.3 Å². The van der Waals surface area contributed by atoms with Crippen LogP contribution in [0.3, 0.4) is 0 Å². The van der Waals surface area contributed by atoms with Gasteiger partial charge in [-0.2, -0.15) is 0 Å². The van der Waals surface area contributed by atoms with Crippen LogP contribution < -0.4 is 10.6 Å². The van der Waals surface area contributed by atoms with E-state index in [1.54, 1.807) is 0 Å². The molecule has 2 N–H and O–H groups in total. The molecule has 1 heterocycles. The molecule has 0 radical (unpaired) electrons.